The van der Waals surface area contributed by atoms with Crippen molar-refractivity contribution in [1.82, 2.24) is 0 Å². The van der Waals surface area contributed by atoms with Gasteiger partial charge in [-0.2, -0.15) is 0 Å². The average Bonchev–Trinajstić information content (AvgIpc) is 3.55. The van der Waals surface area contributed by atoms with Crippen LogP contribution in [0.2, 0.25) is 33.2 Å². The summed E-state index contributed by atoms with van der Waals surface area (Å²) < 4.78 is 15.5. The summed E-state index contributed by atoms with van der Waals surface area (Å²) in [5.41, 5.74) is 8.20. The van der Waals surface area contributed by atoms with Gasteiger partial charge in [-0.1, -0.05) is 159 Å². The van der Waals surface area contributed by atoms with Crippen LogP contribution in [0.3, 0.4) is 0 Å². The van der Waals surface area contributed by atoms with Gasteiger partial charge < -0.3 is 8.85 Å². The quantitative estimate of drug-likeness (QED) is 0.148. The third kappa shape index (κ3) is 8.36. The van der Waals surface area contributed by atoms with Crippen molar-refractivity contribution in [2.24, 2.45) is 0 Å². The molecule has 292 valence electrons. The van der Waals surface area contributed by atoms with Crippen LogP contribution in [-0.2, 0) is 32.3 Å². The Labute approximate surface area is 347 Å². The minimum absolute atomic E-state index is 0. The second kappa shape index (κ2) is 19.5. The summed E-state index contributed by atoms with van der Waals surface area (Å²) in [5, 5.41) is 5.09. The Morgan fingerprint density at radius 1 is 0.481 bits per heavy atom. The van der Waals surface area contributed by atoms with E-state index < -0.39 is 16.6 Å². The van der Waals surface area contributed by atoms with E-state index in [-0.39, 0.29) is 19.5 Å². The zero-order valence-corrected chi connectivity index (χ0v) is 39.0. The maximum atomic E-state index is 7.73. The fourth-order valence-corrected chi connectivity index (χ4v) is 20.7. The predicted octanol–water partition coefficient (Wildman–Crippen LogP) is 14.9. The number of hydrogen-bond acceptors (Lipinski definition) is 2. The Morgan fingerprint density at radius 3 is 1.07 bits per heavy atom. The van der Waals surface area contributed by atoms with Crippen molar-refractivity contribution >= 4 is 38.2 Å². The second-order valence-electron chi connectivity index (χ2n) is 16.7. The van der Waals surface area contributed by atoms with Gasteiger partial charge in [0.05, 0.1) is 0 Å². The van der Waals surface area contributed by atoms with E-state index in [1.54, 1.807) is 0 Å². The monoisotopic (exact) mass is 846 g/mol. The van der Waals surface area contributed by atoms with Crippen LogP contribution in [0.5, 0.6) is 11.5 Å². The summed E-state index contributed by atoms with van der Waals surface area (Å²) in [5.74, 6) is 4.97. The van der Waals surface area contributed by atoms with Gasteiger partial charge in [0.2, 0.25) is 0 Å². The fraction of sp³-hybridized carbons (Fsp3) is 0.408. The van der Waals surface area contributed by atoms with Crippen LogP contribution in [0, 0.1) is 58.8 Å². The largest absolute Gasteiger partial charge is 0.542 e. The molecule has 10 radical (unpaired) electrons. The molecule has 4 aromatic rings. The topological polar surface area (TPSA) is 18.5 Å². The Bertz CT molecular complexity index is 1630. The third-order valence-corrected chi connectivity index (χ3v) is 24.2. The number of hydrogen-bond donors (Lipinski definition) is 0. The van der Waals surface area contributed by atoms with Gasteiger partial charge in [0.15, 0.2) is 0 Å². The molecule has 6 rings (SSSR count). The molecule has 4 aromatic carbocycles. The molecular weight excluding hydrogens is 780 g/mol. The van der Waals surface area contributed by atoms with Crippen LogP contribution in [-0.4, -0.2) is 16.6 Å². The van der Waals surface area contributed by atoms with Crippen molar-refractivity contribution in [3.63, 3.8) is 0 Å². The molecule has 0 saturated heterocycles. The molecule has 2 aliphatic carbocycles. The van der Waals surface area contributed by atoms with Gasteiger partial charge in [0.25, 0.3) is 16.6 Å². The summed E-state index contributed by atoms with van der Waals surface area (Å²) in [6.45, 7) is 40.8. The Morgan fingerprint density at radius 2 is 0.778 bits per heavy atom. The van der Waals surface area contributed by atoms with Crippen LogP contribution in [0.4, 0.5) is 0 Å². The molecule has 0 bridgehead atoms. The van der Waals surface area contributed by atoms with Crippen molar-refractivity contribution in [1.29, 1.82) is 0 Å². The SMILES string of the molecule is CC(C)[Si](Oc1cc2ccccc2c2c1C[C]1[CH][CH][CH][C]1Cc1c(O[Si](C(C)C)(C(C)C)C(C)C)cc3ccccc3c1-2)(C(C)C)C(C)C.[CH2][CH2].[CH2][CH2].[Rh]. The summed E-state index contributed by atoms with van der Waals surface area (Å²) in [6.07, 6.45) is 8.66. The Balaban J connectivity index is 0.00000152. The summed E-state index contributed by atoms with van der Waals surface area (Å²) in [7, 11) is -4.53. The molecule has 0 amide bonds. The standard InChI is InChI=1S/C45H59O2Si2.2C2H4.Rh/c1-28(2)48(29(3)4,30(5)6)46-42-26-36-18-13-15-22-38(36)44-40(42)24-34-20-17-21-35(34)25-41-43(27-37-19-14-16-23-39(37)45(41)44)47-49(31(7)8,32(9)10)33(11)12;2*1-2;/h13-23,26-33H,24-25H2,1-12H3;2*1-2H2;. The zero-order chi connectivity index (χ0) is 39.4. The zero-order valence-electron chi connectivity index (χ0n) is 35.4. The molecule has 0 unspecified atom stereocenters. The summed E-state index contributed by atoms with van der Waals surface area (Å²) in [4.78, 5) is 0. The molecule has 0 spiro atoms. The molecule has 1 saturated carbocycles. The van der Waals surface area contributed by atoms with Crippen molar-refractivity contribution in [2.45, 2.75) is 129 Å². The second-order valence-corrected chi connectivity index (χ2v) is 27.4. The number of rotatable bonds is 10. The molecule has 1 fully saturated rings. The third-order valence-electron chi connectivity index (χ3n) is 12.2. The Hall–Kier alpha value is -1.94. The van der Waals surface area contributed by atoms with Gasteiger partial charge >= 0.3 is 0 Å². The predicted molar refractivity (Wildman–Crippen MR) is 238 cm³/mol. The van der Waals surface area contributed by atoms with Crippen LogP contribution < -0.4 is 8.85 Å². The molecule has 54 heavy (non-hydrogen) atoms. The molecule has 2 nitrogen and oxygen atoms in total. The van der Waals surface area contributed by atoms with E-state index in [0.29, 0.717) is 33.2 Å². The molecule has 0 aromatic heterocycles. The number of fused-ring (bicyclic) bond motifs is 8. The normalized spacial score (nSPS) is 15.0. The van der Waals surface area contributed by atoms with Gasteiger partial charge in [-0.3, -0.25) is 0 Å². The molecule has 0 aliphatic heterocycles. The molecule has 0 heterocycles. The van der Waals surface area contributed by atoms with Crippen molar-refractivity contribution in [3.8, 4) is 22.6 Å². The average molecular weight is 847 g/mol. The van der Waals surface area contributed by atoms with Crippen LogP contribution in [0.1, 0.15) is 94.2 Å². The fourth-order valence-electron chi connectivity index (χ4n) is 10.1. The first-order valence-corrected chi connectivity index (χ1v) is 24.2. The summed E-state index contributed by atoms with van der Waals surface area (Å²) >= 11 is 0. The van der Waals surface area contributed by atoms with E-state index in [1.807, 2.05) is 0 Å². The first-order chi connectivity index (χ1) is 25.2. The van der Waals surface area contributed by atoms with E-state index in [0.717, 1.165) is 24.3 Å². The molecule has 0 atom stereocenters. The summed E-state index contributed by atoms with van der Waals surface area (Å²) in [6, 6.07) is 22.8. The van der Waals surface area contributed by atoms with E-state index in [4.69, 9.17) is 8.85 Å². The minimum atomic E-state index is -2.26. The molecular formula is C49H67O2RhSi2. The van der Waals surface area contributed by atoms with E-state index in [1.165, 1.54) is 55.6 Å². The first kappa shape index (κ1) is 46.4. The smallest absolute Gasteiger partial charge is 0.258 e. The number of benzene rings is 4. The van der Waals surface area contributed by atoms with Gasteiger partial charge in [-0.15, -0.1) is 0 Å². The molecule has 0 N–H and O–H groups in total. The maximum Gasteiger partial charge on any atom is 0.258 e. The minimum Gasteiger partial charge on any atom is -0.542 e. The van der Waals surface area contributed by atoms with Gasteiger partial charge in [-0.25, -0.2) is 0 Å². The van der Waals surface area contributed by atoms with E-state index in [9.17, 15) is 0 Å². The van der Waals surface area contributed by atoms with Crippen LogP contribution in [0.25, 0.3) is 32.7 Å². The van der Waals surface area contributed by atoms with E-state index in [2.05, 4.69) is 191 Å². The van der Waals surface area contributed by atoms with Gasteiger partial charge in [-0.05, 0) is 122 Å². The van der Waals surface area contributed by atoms with Crippen molar-refractivity contribution < 1.29 is 28.3 Å². The van der Waals surface area contributed by atoms with Gasteiger partial charge in [0, 0.05) is 30.6 Å². The first-order valence-electron chi connectivity index (χ1n) is 19.9. The maximum absolute atomic E-state index is 7.73. The van der Waals surface area contributed by atoms with E-state index >= 15 is 0 Å². The van der Waals surface area contributed by atoms with Crippen LogP contribution in [0.15, 0.2) is 60.7 Å². The van der Waals surface area contributed by atoms with Crippen molar-refractivity contribution in [2.75, 3.05) is 0 Å². The van der Waals surface area contributed by atoms with Gasteiger partial charge in [0.1, 0.15) is 11.5 Å². The Kier molecular flexibility index (Phi) is 16.7. The molecule has 5 heteroatoms. The van der Waals surface area contributed by atoms with Crippen LogP contribution >= 0.6 is 0 Å². The molecule has 2 aliphatic rings. The van der Waals surface area contributed by atoms with Crippen molar-refractivity contribution in [3.05, 3.63) is 131 Å².